The van der Waals surface area contributed by atoms with E-state index >= 15 is 0 Å². The van der Waals surface area contributed by atoms with Gasteiger partial charge in [0.2, 0.25) is 5.54 Å². The minimum absolute atomic E-state index is 0.348. The molecular weight excluding hydrogens is 429 g/mol. The number of alkyl halides is 3. The highest BCUT2D eigenvalue weighted by Gasteiger charge is 2.68. The Balaban J connectivity index is 2.05. The second kappa shape index (κ2) is 6.88. The number of carbonyl (C=O) groups excluding carboxylic acids is 2. The summed E-state index contributed by atoms with van der Waals surface area (Å²) in [5, 5.41) is 1.86. The van der Waals surface area contributed by atoms with Crippen LogP contribution < -0.4 is 10.1 Å². The van der Waals surface area contributed by atoms with Crippen LogP contribution in [-0.2, 0) is 16.9 Å². The van der Waals surface area contributed by atoms with Gasteiger partial charge in [0, 0.05) is 10.0 Å². The average Bonchev–Trinajstić information content (AvgIpc) is 2.88. The summed E-state index contributed by atoms with van der Waals surface area (Å²) in [7, 11) is 1.39. The van der Waals surface area contributed by atoms with Crippen molar-refractivity contribution in [2.24, 2.45) is 0 Å². The van der Waals surface area contributed by atoms with Crippen molar-refractivity contribution >= 4 is 27.9 Å². The molecule has 0 aliphatic carbocycles. The molecule has 3 amide bonds. The van der Waals surface area contributed by atoms with Crippen molar-refractivity contribution in [1.29, 1.82) is 0 Å². The fourth-order valence-electron chi connectivity index (χ4n) is 3.00. The Kier molecular flexibility index (Phi) is 4.90. The van der Waals surface area contributed by atoms with Crippen molar-refractivity contribution < 1.29 is 27.5 Å². The molecule has 1 heterocycles. The molecule has 0 spiro atoms. The SMILES string of the molecule is COc1ccc(Br)cc1CN1C(=O)NC(c2ccccc2)(C(F)(F)F)C1=O. The third-order valence-corrected chi connectivity index (χ3v) is 4.80. The van der Waals surface area contributed by atoms with Crippen LogP contribution in [0.15, 0.2) is 53.0 Å². The molecule has 2 aromatic rings. The number of rotatable bonds is 4. The average molecular weight is 443 g/mol. The first-order chi connectivity index (χ1) is 12.7. The van der Waals surface area contributed by atoms with E-state index in [0.29, 0.717) is 20.7 Å². The largest absolute Gasteiger partial charge is 0.496 e. The first-order valence-corrected chi connectivity index (χ1v) is 8.59. The maximum absolute atomic E-state index is 14.0. The molecule has 1 N–H and O–H groups in total. The van der Waals surface area contributed by atoms with Gasteiger partial charge >= 0.3 is 12.2 Å². The molecule has 3 rings (SSSR count). The van der Waals surface area contributed by atoms with E-state index in [1.165, 1.54) is 25.3 Å². The lowest BCUT2D eigenvalue weighted by Crippen LogP contribution is -2.55. The van der Waals surface area contributed by atoms with Crippen molar-refractivity contribution in [1.82, 2.24) is 10.2 Å². The monoisotopic (exact) mass is 442 g/mol. The van der Waals surface area contributed by atoms with E-state index in [2.05, 4.69) is 15.9 Å². The molecule has 9 heteroatoms. The number of halogens is 4. The number of hydrogen-bond donors (Lipinski definition) is 1. The first kappa shape index (κ1) is 19.2. The van der Waals surface area contributed by atoms with Gasteiger partial charge in [-0.25, -0.2) is 4.79 Å². The van der Waals surface area contributed by atoms with Gasteiger partial charge in [0.25, 0.3) is 5.91 Å². The predicted octanol–water partition coefficient (Wildman–Crippen LogP) is 3.97. The van der Waals surface area contributed by atoms with E-state index in [9.17, 15) is 22.8 Å². The zero-order valence-corrected chi connectivity index (χ0v) is 15.6. The van der Waals surface area contributed by atoms with Crippen molar-refractivity contribution in [2.45, 2.75) is 18.3 Å². The van der Waals surface area contributed by atoms with Crippen LogP contribution in [0.4, 0.5) is 18.0 Å². The number of ether oxygens (including phenoxy) is 1. The van der Waals surface area contributed by atoms with Crippen molar-refractivity contribution in [3.05, 3.63) is 64.1 Å². The lowest BCUT2D eigenvalue weighted by molar-refractivity contribution is -0.198. The Morgan fingerprint density at radius 2 is 1.81 bits per heavy atom. The Morgan fingerprint density at radius 1 is 1.15 bits per heavy atom. The number of nitrogens with one attached hydrogen (secondary N) is 1. The molecule has 0 saturated carbocycles. The lowest BCUT2D eigenvalue weighted by atomic mass is 9.89. The highest BCUT2D eigenvalue weighted by molar-refractivity contribution is 9.10. The molecule has 1 aliphatic heterocycles. The van der Waals surface area contributed by atoms with Crippen LogP contribution in [0, 0.1) is 0 Å². The summed E-state index contributed by atoms with van der Waals surface area (Å²) in [5.74, 6) is -1.03. The fraction of sp³-hybridized carbons (Fsp3) is 0.222. The normalized spacial score (nSPS) is 20.0. The van der Waals surface area contributed by atoms with Crippen LogP contribution in [-0.4, -0.2) is 30.1 Å². The summed E-state index contributed by atoms with van der Waals surface area (Å²) >= 11 is 3.26. The number of urea groups is 1. The molecule has 1 fully saturated rings. The Bertz CT molecular complexity index is 889. The third-order valence-electron chi connectivity index (χ3n) is 4.31. The number of amides is 3. The molecule has 1 aliphatic rings. The number of imide groups is 1. The molecular formula is C18H14BrF3N2O3. The van der Waals surface area contributed by atoms with Crippen LogP contribution in [0.5, 0.6) is 5.75 Å². The molecule has 0 radical (unpaired) electrons. The van der Waals surface area contributed by atoms with Crippen LogP contribution >= 0.6 is 15.9 Å². The Hall–Kier alpha value is -2.55. The van der Waals surface area contributed by atoms with Crippen LogP contribution in [0.1, 0.15) is 11.1 Å². The molecule has 5 nitrogen and oxygen atoms in total. The molecule has 0 bridgehead atoms. The molecule has 2 aromatic carbocycles. The zero-order chi connectivity index (χ0) is 19.8. The topological polar surface area (TPSA) is 58.6 Å². The van der Waals surface area contributed by atoms with Crippen molar-refractivity contribution in [3.8, 4) is 5.75 Å². The highest BCUT2D eigenvalue weighted by atomic mass is 79.9. The van der Waals surface area contributed by atoms with Crippen LogP contribution in [0.25, 0.3) is 0 Å². The summed E-state index contributed by atoms with van der Waals surface area (Å²) < 4.78 is 47.7. The van der Waals surface area contributed by atoms with Crippen LogP contribution in [0.2, 0.25) is 0 Å². The summed E-state index contributed by atoms with van der Waals surface area (Å²) in [5.41, 5.74) is -3.08. The third kappa shape index (κ3) is 3.16. The predicted molar refractivity (Wildman–Crippen MR) is 94.0 cm³/mol. The summed E-state index contributed by atoms with van der Waals surface area (Å²) in [6, 6.07) is 10.3. The number of nitrogens with zero attached hydrogens (tertiary/aromatic N) is 1. The minimum atomic E-state index is -5.02. The number of hydrogen-bond acceptors (Lipinski definition) is 3. The van der Waals surface area contributed by atoms with Gasteiger partial charge in [-0.3, -0.25) is 9.69 Å². The zero-order valence-electron chi connectivity index (χ0n) is 14.0. The first-order valence-electron chi connectivity index (χ1n) is 7.79. The standard InChI is InChI=1S/C18H14BrF3N2O3/c1-27-14-8-7-13(19)9-11(14)10-24-15(25)17(18(20,21)22,23-16(24)26)12-5-3-2-4-6-12/h2-9H,10H2,1H3,(H,23,26). The fourth-order valence-corrected chi connectivity index (χ4v) is 3.41. The van der Waals surface area contributed by atoms with Gasteiger partial charge in [-0.1, -0.05) is 46.3 Å². The number of carbonyl (C=O) groups is 2. The Labute approximate surface area is 161 Å². The van der Waals surface area contributed by atoms with Gasteiger partial charge in [-0.15, -0.1) is 0 Å². The van der Waals surface area contributed by atoms with Crippen LogP contribution in [0.3, 0.4) is 0 Å². The van der Waals surface area contributed by atoms with Crippen molar-refractivity contribution in [3.63, 3.8) is 0 Å². The van der Waals surface area contributed by atoms with Gasteiger partial charge in [0.1, 0.15) is 5.75 Å². The highest BCUT2D eigenvalue weighted by Crippen LogP contribution is 2.44. The molecule has 1 atom stereocenters. The molecule has 1 saturated heterocycles. The van der Waals surface area contributed by atoms with Gasteiger partial charge in [-0.2, -0.15) is 13.2 Å². The lowest BCUT2D eigenvalue weighted by Gasteiger charge is -2.29. The van der Waals surface area contributed by atoms with E-state index in [1.54, 1.807) is 18.2 Å². The van der Waals surface area contributed by atoms with E-state index in [4.69, 9.17) is 4.74 Å². The van der Waals surface area contributed by atoms with Gasteiger partial charge in [-0.05, 0) is 23.8 Å². The number of methoxy groups -OCH3 is 1. The van der Waals surface area contributed by atoms with Gasteiger partial charge in [0.15, 0.2) is 0 Å². The maximum Gasteiger partial charge on any atom is 0.425 e. The van der Waals surface area contributed by atoms with E-state index in [-0.39, 0.29) is 12.1 Å². The second-order valence-electron chi connectivity index (χ2n) is 5.89. The maximum atomic E-state index is 14.0. The minimum Gasteiger partial charge on any atom is -0.496 e. The molecule has 0 aromatic heterocycles. The molecule has 27 heavy (non-hydrogen) atoms. The number of benzene rings is 2. The summed E-state index contributed by atoms with van der Waals surface area (Å²) in [6.07, 6.45) is -5.02. The Morgan fingerprint density at radius 3 is 2.41 bits per heavy atom. The van der Waals surface area contributed by atoms with Crippen molar-refractivity contribution in [2.75, 3.05) is 7.11 Å². The van der Waals surface area contributed by atoms with Gasteiger partial charge < -0.3 is 10.1 Å². The summed E-state index contributed by atoms with van der Waals surface area (Å²) in [6.45, 7) is -0.363. The van der Waals surface area contributed by atoms with E-state index in [1.807, 2.05) is 5.32 Å². The van der Waals surface area contributed by atoms with E-state index < -0.39 is 23.7 Å². The molecule has 142 valence electrons. The smallest absolute Gasteiger partial charge is 0.425 e. The van der Waals surface area contributed by atoms with Gasteiger partial charge in [0.05, 0.1) is 13.7 Å². The molecule has 1 unspecified atom stereocenters. The quantitative estimate of drug-likeness (QED) is 0.728. The van der Waals surface area contributed by atoms with E-state index in [0.717, 1.165) is 12.1 Å². The second-order valence-corrected chi connectivity index (χ2v) is 6.81. The summed E-state index contributed by atoms with van der Waals surface area (Å²) in [4.78, 5) is 25.7.